The smallest absolute Gasteiger partial charge is 0.234 e. The molecule has 0 aliphatic carbocycles. The van der Waals surface area contributed by atoms with Gasteiger partial charge in [-0.05, 0) is 55.5 Å². The van der Waals surface area contributed by atoms with Gasteiger partial charge >= 0.3 is 0 Å². The molecule has 0 saturated carbocycles. The van der Waals surface area contributed by atoms with Crippen molar-refractivity contribution in [1.29, 1.82) is 0 Å². The van der Waals surface area contributed by atoms with Crippen molar-refractivity contribution in [2.75, 3.05) is 17.7 Å². The molecular weight excluding hydrogens is 472 g/mol. The molecular formula is C25H22N2O5S2. The molecule has 0 atom stereocenters. The van der Waals surface area contributed by atoms with Gasteiger partial charge in [-0.2, -0.15) is 4.98 Å². The molecule has 1 N–H and O–H groups in total. The van der Waals surface area contributed by atoms with Crippen LogP contribution in [0.25, 0.3) is 11.5 Å². The number of hydrogen-bond acceptors (Lipinski definition) is 7. The molecule has 9 heteroatoms. The Balaban J connectivity index is 1.56. The van der Waals surface area contributed by atoms with Crippen LogP contribution in [-0.2, 0) is 14.6 Å². The van der Waals surface area contributed by atoms with Crippen molar-refractivity contribution >= 4 is 33.2 Å². The topological polar surface area (TPSA) is 98.5 Å². The van der Waals surface area contributed by atoms with E-state index < -0.39 is 9.84 Å². The molecule has 174 valence electrons. The fraction of sp³-hybridized carbons (Fsp3) is 0.120. The second-order valence-corrected chi connectivity index (χ2v) is 9.90. The minimum atomic E-state index is -3.95. The third kappa shape index (κ3) is 5.49. The van der Waals surface area contributed by atoms with E-state index in [1.807, 2.05) is 25.1 Å². The summed E-state index contributed by atoms with van der Waals surface area (Å²) in [5.41, 5.74) is 1.24. The van der Waals surface area contributed by atoms with Gasteiger partial charge in [-0.1, -0.05) is 48.2 Å². The van der Waals surface area contributed by atoms with E-state index >= 15 is 0 Å². The van der Waals surface area contributed by atoms with Crippen LogP contribution in [0.15, 0.2) is 104 Å². The number of thioether (sulfide) groups is 1. The first kappa shape index (κ1) is 23.6. The molecule has 0 radical (unpaired) electrons. The van der Waals surface area contributed by atoms with Crippen LogP contribution >= 0.6 is 11.8 Å². The summed E-state index contributed by atoms with van der Waals surface area (Å²) in [5, 5.41) is 2.63. The molecule has 1 aromatic heterocycles. The Hall–Kier alpha value is -3.56. The first-order valence-corrected chi connectivity index (χ1v) is 13.0. The van der Waals surface area contributed by atoms with Gasteiger partial charge < -0.3 is 14.5 Å². The quantitative estimate of drug-likeness (QED) is 0.315. The molecule has 3 aromatic carbocycles. The van der Waals surface area contributed by atoms with E-state index in [-0.39, 0.29) is 32.6 Å². The van der Waals surface area contributed by atoms with Gasteiger partial charge in [0.15, 0.2) is 0 Å². The number of carbonyl (C=O) groups excluding carboxylic acids is 1. The average Bonchev–Trinajstić information content (AvgIpc) is 3.31. The first-order valence-electron chi connectivity index (χ1n) is 10.5. The Kier molecular flexibility index (Phi) is 7.34. The van der Waals surface area contributed by atoms with Crippen LogP contribution in [0.5, 0.6) is 5.75 Å². The maximum Gasteiger partial charge on any atom is 0.234 e. The van der Waals surface area contributed by atoms with Crippen molar-refractivity contribution in [1.82, 2.24) is 4.98 Å². The van der Waals surface area contributed by atoms with E-state index in [0.717, 1.165) is 11.8 Å². The SMILES string of the molecule is CCOc1ccc(NC(=O)CSc2oc(-c3ccccc3)nc2S(=O)(=O)c2ccccc2)cc1. The fourth-order valence-electron chi connectivity index (χ4n) is 3.10. The molecule has 4 rings (SSSR count). The van der Waals surface area contributed by atoms with Gasteiger partial charge in [-0.25, -0.2) is 8.42 Å². The summed E-state index contributed by atoms with van der Waals surface area (Å²) in [6, 6.07) is 24.0. The number of benzene rings is 3. The average molecular weight is 495 g/mol. The minimum Gasteiger partial charge on any atom is -0.494 e. The van der Waals surface area contributed by atoms with E-state index in [2.05, 4.69) is 10.3 Å². The zero-order valence-electron chi connectivity index (χ0n) is 18.3. The molecule has 1 heterocycles. The number of rotatable bonds is 9. The Morgan fingerprint density at radius 3 is 2.26 bits per heavy atom. The van der Waals surface area contributed by atoms with E-state index in [0.29, 0.717) is 23.6 Å². The zero-order chi connectivity index (χ0) is 24.0. The highest BCUT2D eigenvalue weighted by atomic mass is 32.2. The predicted molar refractivity (Wildman–Crippen MR) is 131 cm³/mol. The van der Waals surface area contributed by atoms with Gasteiger partial charge in [-0.15, -0.1) is 0 Å². The summed E-state index contributed by atoms with van der Waals surface area (Å²) in [7, 11) is -3.95. The van der Waals surface area contributed by atoms with Crippen LogP contribution in [0.3, 0.4) is 0 Å². The molecule has 7 nitrogen and oxygen atoms in total. The molecule has 0 saturated heterocycles. The molecule has 0 unspecified atom stereocenters. The molecule has 0 bridgehead atoms. The first-order chi connectivity index (χ1) is 16.5. The summed E-state index contributed by atoms with van der Waals surface area (Å²) in [5.74, 6) is 0.508. The molecule has 4 aromatic rings. The van der Waals surface area contributed by atoms with Crippen molar-refractivity contribution in [3.8, 4) is 17.2 Å². The van der Waals surface area contributed by atoms with Crippen molar-refractivity contribution in [2.24, 2.45) is 0 Å². The van der Waals surface area contributed by atoms with Gasteiger partial charge in [0, 0.05) is 11.3 Å². The maximum atomic E-state index is 13.3. The number of carbonyl (C=O) groups is 1. The standard InChI is InChI=1S/C25H22N2O5S2/c1-2-31-20-15-13-19(14-16-20)26-22(28)17-33-25-24(34(29,30)21-11-7-4-8-12-21)27-23(32-25)18-9-5-3-6-10-18/h3-16H,2,17H2,1H3,(H,26,28). The number of amides is 1. The lowest BCUT2D eigenvalue weighted by Gasteiger charge is -2.07. The minimum absolute atomic E-state index is 0.0598. The van der Waals surface area contributed by atoms with Crippen LogP contribution < -0.4 is 10.1 Å². The number of aromatic nitrogens is 1. The number of sulfone groups is 1. The number of hydrogen-bond donors (Lipinski definition) is 1. The van der Waals surface area contributed by atoms with Crippen molar-refractivity contribution < 1.29 is 22.4 Å². The Bertz CT molecular complexity index is 1350. The van der Waals surface area contributed by atoms with Gasteiger partial charge in [0.2, 0.25) is 31.8 Å². The Morgan fingerprint density at radius 2 is 1.62 bits per heavy atom. The van der Waals surface area contributed by atoms with E-state index in [1.165, 1.54) is 12.1 Å². The normalized spacial score (nSPS) is 11.2. The van der Waals surface area contributed by atoms with Gasteiger partial charge in [0.1, 0.15) is 5.75 Å². The lowest BCUT2D eigenvalue weighted by Crippen LogP contribution is -2.14. The molecule has 34 heavy (non-hydrogen) atoms. The lowest BCUT2D eigenvalue weighted by atomic mass is 10.2. The molecule has 0 aliphatic rings. The maximum absolute atomic E-state index is 13.3. The van der Waals surface area contributed by atoms with E-state index in [4.69, 9.17) is 9.15 Å². The van der Waals surface area contributed by atoms with E-state index in [1.54, 1.807) is 54.6 Å². The molecule has 1 amide bonds. The largest absolute Gasteiger partial charge is 0.494 e. The van der Waals surface area contributed by atoms with Gasteiger partial charge in [0.25, 0.3) is 0 Å². The van der Waals surface area contributed by atoms with Crippen LogP contribution in [0.4, 0.5) is 5.69 Å². The van der Waals surface area contributed by atoms with Crippen molar-refractivity contribution in [3.05, 3.63) is 84.9 Å². The predicted octanol–water partition coefficient (Wildman–Crippen LogP) is 5.30. The monoisotopic (exact) mass is 494 g/mol. The lowest BCUT2D eigenvalue weighted by molar-refractivity contribution is -0.113. The Morgan fingerprint density at radius 1 is 0.971 bits per heavy atom. The highest BCUT2D eigenvalue weighted by Crippen LogP contribution is 2.34. The van der Waals surface area contributed by atoms with Crippen LogP contribution in [-0.4, -0.2) is 31.7 Å². The molecule has 0 fully saturated rings. The number of ether oxygens (including phenoxy) is 1. The van der Waals surface area contributed by atoms with Crippen LogP contribution in [0.1, 0.15) is 6.92 Å². The second-order valence-electron chi connectivity index (χ2n) is 7.09. The number of oxazole rings is 1. The highest BCUT2D eigenvalue weighted by molar-refractivity contribution is 8.00. The summed E-state index contributed by atoms with van der Waals surface area (Å²) in [4.78, 5) is 16.9. The molecule has 0 spiro atoms. The summed E-state index contributed by atoms with van der Waals surface area (Å²) < 4.78 is 37.8. The second kappa shape index (κ2) is 10.6. The number of nitrogens with zero attached hydrogens (tertiary/aromatic N) is 1. The molecule has 0 aliphatic heterocycles. The third-order valence-electron chi connectivity index (χ3n) is 4.68. The third-order valence-corrected chi connectivity index (χ3v) is 7.43. The van der Waals surface area contributed by atoms with E-state index in [9.17, 15) is 13.2 Å². The summed E-state index contributed by atoms with van der Waals surface area (Å²) >= 11 is 0.978. The van der Waals surface area contributed by atoms with Gasteiger partial charge in [0.05, 0.1) is 17.3 Å². The van der Waals surface area contributed by atoms with Crippen LogP contribution in [0.2, 0.25) is 0 Å². The highest BCUT2D eigenvalue weighted by Gasteiger charge is 2.29. The Labute approximate surface area is 202 Å². The van der Waals surface area contributed by atoms with Crippen molar-refractivity contribution in [3.63, 3.8) is 0 Å². The summed E-state index contributed by atoms with van der Waals surface area (Å²) in [6.45, 7) is 2.45. The van der Waals surface area contributed by atoms with Gasteiger partial charge in [-0.3, -0.25) is 4.79 Å². The van der Waals surface area contributed by atoms with Crippen molar-refractivity contribution in [2.45, 2.75) is 21.9 Å². The zero-order valence-corrected chi connectivity index (χ0v) is 19.9. The number of anilines is 1. The number of nitrogens with one attached hydrogen (secondary N) is 1. The van der Waals surface area contributed by atoms with Crippen LogP contribution in [0, 0.1) is 0 Å². The fourth-order valence-corrected chi connectivity index (χ4v) is 5.45. The summed E-state index contributed by atoms with van der Waals surface area (Å²) in [6.07, 6.45) is 0.